The van der Waals surface area contributed by atoms with Crippen molar-refractivity contribution in [3.8, 4) is 0 Å². The van der Waals surface area contributed by atoms with Gasteiger partial charge in [-0.15, -0.1) is 0 Å². The van der Waals surface area contributed by atoms with Gasteiger partial charge in [-0.2, -0.15) is 0 Å². The number of hydrogen-bond acceptors (Lipinski definition) is 3. The Morgan fingerprint density at radius 3 is 2.70 bits per heavy atom. The van der Waals surface area contributed by atoms with Gasteiger partial charge in [-0.3, -0.25) is 10.1 Å². The zero-order valence-electron chi connectivity index (χ0n) is 12.1. The molecule has 23 heavy (non-hydrogen) atoms. The fraction of sp³-hybridized carbons (Fsp3) is 0.133. The first kappa shape index (κ1) is 16.7. The lowest BCUT2D eigenvalue weighted by molar-refractivity contribution is -0.384. The molecule has 2 aromatic carbocycles. The van der Waals surface area contributed by atoms with Gasteiger partial charge < -0.3 is 10.2 Å². The van der Waals surface area contributed by atoms with Crippen molar-refractivity contribution >= 4 is 29.0 Å². The molecule has 1 N–H and O–H groups in total. The zero-order valence-corrected chi connectivity index (χ0v) is 12.9. The van der Waals surface area contributed by atoms with Gasteiger partial charge in [0.05, 0.1) is 11.5 Å². The molecule has 2 rings (SSSR count). The van der Waals surface area contributed by atoms with E-state index >= 15 is 0 Å². The summed E-state index contributed by atoms with van der Waals surface area (Å²) in [6.45, 7) is -0.0354. The molecule has 0 aromatic heterocycles. The molecule has 6 nitrogen and oxygen atoms in total. The molecule has 0 heterocycles. The number of hydrogen-bond donors (Lipinski definition) is 1. The van der Waals surface area contributed by atoms with E-state index in [2.05, 4.69) is 5.32 Å². The molecular formula is C15H13ClFN3O3. The molecular weight excluding hydrogens is 325 g/mol. The van der Waals surface area contributed by atoms with Gasteiger partial charge in [-0.1, -0.05) is 23.7 Å². The first-order chi connectivity index (χ1) is 10.9. The normalized spacial score (nSPS) is 10.2. The van der Waals surface area contributed by atoms with E-state index < -0.39 is 16.8 Å². The summed E-state index contributed by atoms with van der Waals surface area (Å²) < 4.78 is 13.7. The third kappa shape index (κ3) is 4.17. The number of carbonyl (C=O) groups excluding carboxylic acids is 1. The van der Waals surface area contributed by atoms with Crippen LogP contribution < -0.4 is 5.32 Å². The summed E-state index contributed by atoms with van der Waals surface area (Å²) in [6, 6.07) is 9.27. The van der Waals surface area contributed by atoms with Crippen LogP contribution in [0.2, 0.25) is 5.02 Å². The smallest absolute Gasteiger partial charge is 0.321 e. The van der Waals surface area contributed by atoms with Crippen molar-refractivity contribution in [1.29, 1.82) is 0 Å². The van der Waals surface area contributed by atoms with E-state index in [4.69, 9.17) is 11.6 Å². The topological polar surface area (TPSA) is 75.5 Å². The second-order valence-electron chi connectivity index (χ2n) is 4.79. The van der Waals surface area contributed by atoms with E-state index in [1.807, 2.05) is 0 Å². The lowest BCUT2D eigenvalue weighted by Crippen LogP contribution is -2.31. The number of nitrogens with one attached hydrogen (secondary N) is 1. The summed E-state index contributed by atoms with van der Waals surface area (Å²) >= 11 is 5.92. The Morgan fingerprint density at radius 1 is 1.35 bits per heavy atom. The van der Waals surface area contributed by atoms with Crippen LogP contribution >= 0.6 is 11.6 Å². The molecule has 0 aliphatic heterocycles. The number of benzene rings is 2. The summed E-state index contributed by atoms with van der Waals surface area (Å²) in [6.07, 6.45) is 0. The molecule has 8 heteroatoms. The number of nitro benzene ring substituents is 1. The Bertz CT molecular complexity index is 734. The highest BCUT2D eigenvalue weighted by Gasteiger charge is 2.15. The average Bonchev–Trinajstić information content (AvgIpc) is 2.51. The van der Waals surface area contributed by atoms with Gasteiger partial charge in [0, 0.05) is 35.5 Å². The predicted octanol–water partition coefficient (Wildman–Crippen LogP) is 4.05. The van der Waals surface area contributed by atoms with E-state index in [0.717, 1.165) is 0 Å². The fourth-order valence-corrected chi connectivity index (χ4v) is 2.13. The molecule has 0 saturated heterocycles. The average molecular weight is 338 g/mol. The number of non-ortho nitro benzene ring substituents is 1. The minimum Gasteiger partial charge on any atom is -0.323 e. The highest BCUT2D eigenvalue weighted by atomic mass is 35.5. The molecule has 0 saturated carbocycles. The van der Waals surface area contributed by atoms with E-state index in [1.165, 1.54) is 54.4 Å². The first-order valence-electron chi connectivity index (χ1n) is 6.58. The monoisotopic (exact) mass is 337 g/mol. The highest BCUT2D eigenvalue weighted by molar-refractivity contribution is 6.31. The summed E-state index contributed by atoms with van der Waals surface area (Å²) in [4.78, 5) is 23.5. The second-order valence-corrected chi connectivity index (χ2v) is 5.20. The van der Waals surface area contributed by atoms with Crippen molar-refractivity contribution in [3.05, 3.63) is 69.0 Å². The molecule has 0 unspecified atom stereocenters. The number of nitro groups is 1. The van der Waals surface area contributed by atoms with Gasteiger partial charge in [0.25, 0.3) is 5.69 Å². The maximum atomic E-state index is 13.7. The van der Waals surface area contributed by atoms with Gasteiger partial charge in [-0.25, -0.2) is 9.18 Å². The van der Waals surface area contributed by atoms with Gasteiger partial charge in [0.1, 0.15) is 5.82 Å². The van der Waals surface area contributed by atoms with Crippen LogP contribution in [0, 0.1) is 15.9 Å². The minimum absolute atomic E-state index is 0.0354. The molecule has 0 bridgehead atoms. The minimum atomic E-state index is -0.557. The van der Waals surface area contributed by atoms with Crippen molar-refractivity contribution in [1.82, 2.24) is 4.90 Å². The van der Waals surface area contributed by atoms with Crippen LogP contribution in [0.15, 0.2) is 42.5 Å². The number of urea groups is 1. The Morgan fingerprint density at radius 2 is 2.04 bits per heavy atom. The van der Waals surface area contributed by atoms with Crippen molar-refractivity contribution < 1.29 is 14.1 Å². The van der Waals surface area contributed by atoms with E-state index in [9.17, 15) is 19.3 Å². The number of nitrogens with zero attached hydrogens (tertiary/aromatic N) is 2. The molecule has 0 spiro atoms. The van der Waals surface area contributed by atoms with Crippen LogP contribution in [-0.2, 0) is 6.54 Å². The standard InChI is InChI=1S/C15H13ClFN3O3/c1-19(9-12-13(16)6-3-7-14(12)17)15(21)18-10-4-2-5-11(8-10)20(22)23/h2-8H,9H2,1H3,(H,18,21). The SMILES string of the molecule is CN(Cc1c(F)cccc1Cl)C(=O)Nc1cccc([N+](=O)[O-])c1. The maximum Gasteiger partial charge on any atom is 0.321 e. The lowest BCUT2D eigenvalue weighted by Gasteiger charge is -2.19. The van der Waals surface area contributed by atoms with Crippen LogP contribution in [0.25, 0.3) is 0 Å². The summed E-state index contributed by atoms with van der Waals surface area (Å²) in [5, 5.41) is 13.5. The van der Waals surface area contributed by atoms with Crippen molar-refractivity contribution in [3.63, 3.8) is 0 Å². The Kier molecular flexibility index (Phi) is 5.13. The Labute approximate surface area is 136 Å². The Balaban J connectivity index is 2.08. The third-order valence-corrected chi connectivity index (χ3v) is 3.47. The highest BCUT2D eigenvalue weighted by Crippen LogP contribution is 2.21. The van der Waals surface area contributed by atoms with Gasteiger partial charge in [0.2, 0.25) is 0 Å². The lowest BCUT2D eigenvalue weighted by atomic mass is 10.2. The van der Waals surface area contributed by atoms with E-state index in [-0.39, 0.29) is 28.5 Å². The molecule has 0 aliphatic carbocycles. The van der Waals surface area contributed by atoms with Crippen molar-refractivity contribution in [2.24, 2.45) is 0 Å². The van der Waals surface area contributed by atoms with Crippen LogP contribution in [-0.4, -0.2) is 22.9 Å². The van der Waals surface area contributed by atoms with Crippen LogP contribution in [0.5, 0.6) is 0 Å². The number of amides is 2. The zero-order chi connectivity index (χ0) is 17.0. The largest absolute Gasteiger partial charge is 0.323 e. The molecule has 120 valence electrons. The fourth-order valence-electron chi connectivity index (χ4n) is 1.91. The predicted molar refractivity (Wildman–Crippen MR) is 85.0 cm³/mol. The molecule has 0 aliphatic rings. The van der Waals surface area contributed by atoms with E-state index in [1.54, 1.807) is 0 Å². The van der Waals surface area contributed by atoms with Gasteiger partial charge in [-0.05, 0) is 18.2 Å². The summed E-state index contributed by atoms with van der Waals surface area (Å²) in [5.74, 6) is -0.507. The number of carbonyl (C=O) groups is 1. The van der Waals surface area contributed by atoms with Gasteiger partial charge >= 0.3 is 6.03 Å². The number of halogens is 2. The van der Waals surface area contributed by atoms with Crippen molar-refractivity contribution in [2.45, 2.75) is 6.54 Å². The molecule has 0 radical (unpaired) electrons. The summed E-state index contributed by atoms with van der Waals surface area (Å²) in [5.41, 5.74) is 0.337. The Hall–Kier alpha value is -2.67. The molecule has 2 amide bonds. The molecule has 0 atom stereocenters. The molecule has 2 aromatic rings. The van der Waals surface area contributed by atoms with Crippen LogP contribution in [0.1, 0.15) is 5.56 Å². The second kappa shape index (κ2) is 7.06. The maximum absolute atomic E-state index is 13.7. The van der Waals surface area contributed by atoms with Crippen molar-refractivity contribution in [2.75, 3.05) is 12.4 Å². The number of anilines is 1. The van der Waals surface area contributed by atoms with Gasteiger partial charge in [0.15, 0.2) is 0 Å². The first-order valence-corrected chi connectivity index (χ1v) is 6.95. The van der Waals surface area contributed by atoms with E-state index in [0.29, 0.717) is 0 Å². The third-order valence-electron chi connectivity index (χ3n) is 3.11. The summed E-state index contributed by atoms with van der Waals surface area (Å²) in [7, 11) is 1.47. The molecule has 0 fully saturated rings. The van der Waals surface area contributed by atoms with Crippen LogP contribution in [0.4, 0.5) is 20.6 Å². The number of rotatable bonds is 4. The quantitative estimate of drug-likeness (QED) is 0.675. The van der Waals surface area contributed by atoms with Crippen LogP contribution in [0.3, 0.4) is 0 Å².